The highest BCUT2D eigenvalue weighted by atomic mass is 16.4. The van der Waals surface area contributed by atoms with Crippen molar-refractivity contribution in [2.75, 3.05) is 6.54 Å². The highest BCUT2D eigenvalue weighted by molar-refractivity contribution is 6.04. The normalized spacial score (nSPS) is 12.2. The Morgan fingerprint density at radius 1 is 1.15 bits per heavy atom. The molecule has 0 saturated carbocycles. The van der Waals surface area contributed by atoms with Gasteiger partial charge in [-0.05, 0) is 56.5 Å². The molecule has 0 aliphatic carbocycles. The van der Waals surface area contributed by atoms with E-state index in [0.29, 0.717) is 12.1 Å². The maximum atomic E-state index is 12.7. The summed E-state index contributed by atoms with van der Waals surface area (Å²) in [6, 6.07) is 1.39. The van der Waals surface area contributed by atoms with Gasteiger partial charge in [-0.2, -0.15) is 0 Å². The summed E-state index contributed by atoms with van der Waals surface area (Å²) in [6.07, 6.45) is -0.196. The molecule has 4 nitrogen and oxygen atoms in total. The molecular formula is C16H23NO3. The van der Waals surface area contributed by atoms with E-state index in [9.17, 15) is 9.59 Å². The molecule has 1 aromatic carbocycles. The van der Waals surface area contributed by atoms with E-state index in [2.05, 4.69) is 11.4 Å². The number of likely N-dealkylation sites (N-methyl/N-ethyl adjacent to an activating group) is 1. The fraction of sp³-hybridized carbons (Fsp3) is 0.500. The fourth-order valence-electron chi connectivity index (χ4n) is 2.44. The quantitative estimate of drug-likeness (QED) is 0.784. The van der Waals surface area contributed by atoms with E-state index >= 15 is 0 Å². The van der Waals surface area contributed by atoms with Gasteiger partial charge in [-0.25, -0.2) is 0 Å². The average molecular weight is 277 g/mol. The molecule has 0 radical (unpaired) electrons. The third kappa shape index (κ3) is 3.45. The summed E-state index contributed by atoms with van der Waals surface area (Å²) in [5.74, 6) is -1.10. The van der Waals surface area contributed by atoms with E-state index in [0.717, 1.165) is 22.3 Å². The number of rotatable bonds is 6. The number of nitrogens with one attached hydrogen (secondary N) is 1. The van der Waals surface area contributed by atoms with Gasteiger partial charge < -0.3 is 10.4 Å². The molecule has 0 saturated heterocycles. The Balaban J connectivity index is 3.27. The zero-order valence-corrected chi connectivity index (χ0v) is 12.8. The molecule has 0 aliphatic rings. The maximum Gasteiger partial charge on any atom is 0.305 e. The molecule has 2 N–H and O–H groups in total. The zero-order valence-electron chi connectivity index (χ0n) is 12.8. The lowest BCUT2D eigenvalue weighted by atomic mass is 9.88. The topological polar surface area (TPSA) is 66.4 Å². The molecule has 0 aliphatic heterocycles. The largest absolute Gasteiger partial charge is 0.481 e. The van der Waals surface area contributed by atoms with Gasteiger partial charge in [0.1, 0.15) is 0 Å². The van der Waals surface area contributed by atoms with Crippen molar-refractivity contribution >= 4 is 11.8 Å². The van der Waals surface area contributed by atoms with Crippen LogP contribution in [0.4, 0.5) is 0 Å². The number of hydrogen-bond acceptors (Lipinski definition) is 3. The van der Waals surface area contributed by atoms with Crippen molar-refractivity contribution in [3.05, 3.63) is 33.9 Å². The SMILES string of the molecule is CCNC(CC(=O)O)C(=O)c1c(C)c(C)cc(C)c1C. The first-order chi connectivity index (χ1) is 9.29. The maximum absolute atomic E-state index is 12.7. The van der Waals surface area contributed by atoms with Gasteiger partial charge in [0.15, 0.2) is 5.78 Å². The molecule has 1 rings (SSSR count). The van der Waals surface area contributed by atoms with Gasteiger partial charge in [-0.15, -0.1) is 0 Å². The second-order valence-electron chi connectivity index (χ2n) is 5.21. The van der Waals surface area contributed by atoms with Crippen molar-refractivity contribution in [1.82, 2.24) is 5.32 Å². The summed E-state index contributed by atoms with van der Waals surface area (Å²) in [7, 11) is 0. The van der Waals surface area contributed by atoms with E-state index in [1.807, 2.05) is 34.6 Å². The lowest BCUT2D eigenvalue weighted by molar-refractivity contribution is -0.137. The first kappa shape index (κ1) is 16.4. The number of carboxylic acids is 1. The molecule has 0 fully saturated rings. The van der Waals surface area contributed by atoms with Crippen LogP contribution in [0.2, 0.25) is 0 Å². The van der Waals surface area contributed by atoms with Crippen LogP contribution in [0, 0.1) is 27.7 Å². The number of benzene rings is 1. The standard InChI is InChI=1S/C16H23NO3/c1-6-17-13(8-14(18)19)16(20)15-11(4)9(2)7-10(3)12(15)5/h7,13,17H,6,8H2,1-5H3,(H,18,19). The van der Waals surface area contributed by atoms with Crippen molar-refractivity contribution in [2.45, 2.75) is 47.1 Å². The second-order valence-corrected chi connectivity index (χ2v) is 5.21. The van der Waals surface area contributed by atoms with Crippen molar-refractivity contribution in [3.63, 3.8) is 0 Å². The van der Waals surface area contributed by atoms with E-state index in [1.54, 1.807) is 0 Å². The minimum Gasteiger partial charge on any atom is -0.481 e. The number of aliphatic carboxylic acids is 1. The van der Waals surface area contributed by atoms with Crippen LogP contribution in [0.5, 0.6) is 0 Å². The van der Waals surface area contributed by atoms with Gasteiger partial charge in [0.05, 0.1) is 12.5 Å². The second kappa shape index (κ2) is 6.66. The van der Waals surface area contributed by atoms with Crippen LogP contribution in [0.25, 0.3) is 0 Å². The molecule has 0 heterocycles. The first-order valence-electron chi connectivity index (χ1n) is 6.86. The smallest absolute Gasteiger partial charge is 0.305 e. The molecule has 0 amide bonds. The number of Topliss-reactive ketones (excluding diaryl/α,β-unsaturated/α-hetero) is 1. The van der Waals surface area contributed by atoms with Crippen LogP contribution in [-0.2, 0) is 4.79 Å². The molecule has 0 spiro atoms. The van der Waals surface area contributed by atoms with Gasteiger partial charge in [-0.3, -0.25) is 9.59 Å². The molecule has 1 aromatic rings. The molecule has 0 bridgehead atoms. The number of aryl methyl sites for hydroxylation is 2. The Kier molecular flexibility index (Phi) is 5.45. The lowest BCUT2D eigenvalue weighted by Gasteiger charge is -2.20. The highest BCUT2D eigenvalue weighted by Crippen LogP contribution is 2.23. The van der Waals surface area contributed by atoms with Crippen LogP contribution >= 0.6 is 0 Å². The average Bonchev–Trinajstić information content (AvgIpc) is 2.35. The summed E-state index contributed by atoms with van der Waals surface area (Å²) in [5.41, 5.74) is 4.65. The van der Waals surface area contributed by atoms with Gasteiger partial charge >= 0.3 is 5.97 Å². The van der Waals surface area contributed by atoms with Crippen LogP contribution in [-0.4, -0.2) is 29.4 Å². The predicted octanol–water partition coefficient (Wildman–Crippen LogP) is 2.56. The number of carbonyl (C=O) groups excluding carboxylic acids is 1. The molecule has 110 valence electrons. The van der Waals surface area contributed by atoms with E-state index in [1.165, 1.54) is 0 Å². The Hall–Kier alpha value is -1.68. The Morgan fingerprint density at radius 2 is 1.65 bits per heavy atom. The van der Waals surface area contributed by atoms with Gasteiger partial charge in [0.2, 0.25) is 0 Å². The van der Waals surface area contributed by atoms with Crippen LogP contribution in [0.15, 0.2) is 6.07 Å². The minimum atomic E-state index is -0.969. The third-order valence-corrected chi connectivity index (χ3v) is 3.76. The third-order valence-electron chi connectivity index (χ3n) is 3.76. The van der Waals surface area contributed by atoms with E-state index in [-0.39, 0.29) is 12.2 Å². The van der Waals surface area contributed by atoms with E-state index in [4.69, 9.17) is 5.11 Å². The molecule has 0 aromatic heterocycles. The Labute approximate surface area is 120 Å². The summed E-state index contributed by atoms with van der Waals surface area (Å²) < 4.78 is 0. The number of hydrogen-bond donors (Lipinski definition) is 2. The molecule has 1 unspecified atom stereocenters. The van der Waals surface area contributed by atoms with Crippen molar-refractivity contribution in [1.29, 1.82) is 0 Å². The fourth-order valence-corrected chi connectivity index (χ4v) is 2.44. The Morgan fingerprint density at radius 3 is 2.05 bits per heavy atom. The van der Waals surface area contributed by atoms with Crippen molar-refractivity contribution in [3.8, 4) is 0 Å². The molecular weight excluding hydrogens is 254 g/mol. The zero-order chi connectivity index (χ0) is 15.4. The number of carbonyl (C=O) groups is 2. The summed E-state index contributed by atoms with van der Waals surface area (Å²) in [4.78, 5) is 23.6. The van der Waals surface area contributed by atoms with Crippen LogP contribution < -0.4 is 5.32 Å². The van der Waals surface area contributed by atoms with Crippen molar-refractivity contribution < 1.29 is 14.7 Å². The number of carboxylic acid groups (broad SMARTS) is 1. The summed E-state index contributed by atoms with van der Waals surface area (Å²) in [6.45, 7) is 10.2. The van der Waals surface area contributed by atoms with Gasteiger partial charge in [0, 0.05) is 5.56 Å². The lowest BCUT2D eigenvalue weighted by Crippen LogP contribution is -2.39. The molecule has 4 heteroatoms. The molecule has 20 heavy (non-hydrogen) atoms. The van der Waals surface area contributed by atoms with Crippen molar-refractivity contribution in [2.24, 2.45) is 0 Å². The van der Waals surface area contributed by atoms with E-state index < -0.39 is 12.0 Å². The molecule has 1 atom stereocenters. The summed E-state index contributed by atoms with van der Waals surface area (Å²) in [5, 5.41) is 11.9. The highest BCUT2D eigenvalue weighted by Gasteiger charge is 2.25. The summed E-state index contributed by atoms with van der Waals surface area (Å²) >= 11 is 0. The van der Waals surface area contributed by atoms with Crippen LogP contribution in [0.1, 0.15) is 46.0 Å². The van der Waals surface area contributed by atoms with Gasteiger partial charge in [-0.1, -0.05) is 13.0 Å². The number of ketones is 1. The Bertz CT molecular complexity index is 509. The van der Waals surface area contributed by atoms with Crippen LogP contribution in [0.3, 0.4) is 0 Å². The predicted molar refractivity (Wildman–Crippen MR) is 79.4 cm³/mol. The minimum absolute atomic E-state index is 0.129. The first-order valence-corrected chi connectivity index (χ1v) is 6.86. The van der Waals surface area contributed by atoms with Gasteiger partial charge in [0.25, 0.3) is 0 Å². The monoisotopic (exact) mass is 277 g/mol.